The van der Waals surface area contributed by atoms with Crippen LogP contribution in [0.4, 0.5) is 0 Å². The first kappa shape index (κ1) is 34.6. The lowest BCUT2D eigenvalue weighted by Gasteiger charge is -2.19. The van der Waals surface area contributed by atoms with Crippen molar-refractivity contribution >= 4 is 43.6 Å². The second-order valence-electron chi connectivity index (χ2n) is 16.5. The molecule has 1 aliphatic heterocycles. The van der Waals surface area contributed by atoms with Gasteiger partial charge in [-0.25, -0.2) is 0 Å². The number of hydrogen-bond acceptors (Lipinski definition) is 0. The molecule has 288 valence electrons. The summed E-state index contributed by atoms with van der Waals surface area (Å²) in [5.74, 6) is 0. The lowest BCUT2D eigenvalue weighted by Crippen LogP contribution is -2.00. The fraction of sp³-hybridized carbons (Fsp3) is 0. The Hall–Kier alpha value is -8.20. The Morgan fingerprint density at radius 1 is 0.226 bits per heavy atom. The van der Waals surface area contributed by atoms with E-state index in [1.54, 1.807) is 0 Å². The molecule has 0 radical (unpaired) electrons. The van der Waals surface area contributed by atoms with Gasteiger partial charge in [-0.2, -0.15) is 0 Å². The zero-order valence-corrected chi connectivity index (χ0v) is 33.8. The highest BCUT2D eigenvalue weighted by Gasteiger charge is 2.28. The van der Waals surface area contributed by atoms with E-state index < -0.39 is 0 Å². The molecule has 0 spiro atoms. The van der Waals surface area contributed by atoms with Gasteiger partial charge in [0, 0.05) is 43.9 Å². The van der Waals surface area contributed by atoms with Gasteiger partial charge in [-0.3, -0.25) is 0 Å². The van der Waals surface area contributed by atoms with Gasteiger partial charge in [-0.05, 0) is 117 Å². The summed E-state index contributed by atoms with van der Waals surface area (Å²) in [5, 5.41) is 5.00. The molecule has 0 saturated carbocycles. The zero-order valence-electron chi connectivity index (χ0n) is 33.8. The Kier molecular flexibility index (Phi) is 7.64. The monoisotopic (exact) mass is 786 g/mol. The van der Waals surface area contributed by atoms with Gasteiger partial charge >= 0.3 is 0 Å². The van der Waals surface area contributed by atoms with Crippen molar-refractivity contribution < 1.29 is 0 Å². The van der Waals surface area contributed by atoms with Crippen LogP contribution in [0.5, 0.6) is 0 Å². The van der Waals surface area contributed by atoms with Crippen LogP contribution in [0.2, 0.25) is 0 Å². The van der Waals surface area contributed by atoms with Crippen molar-refractivity contribution in [2.75, 3.05) is 0 Å². The summed E-state index contributed by atoms with van der Waals surface area (Å²) in [5.41, 5.74) is 21.8. The largest absolute Gasteiger partial charge is 0.309 e. The van der Waals surface area contributed by atoms with Gasteiger partial charge in [0.25, 0.3) is 0 Å². The van der Waals surface area contributed by atoms with Gasteiger partial charge in [0.05, 0.1) is 27.8 Å². The van der Waals surface area contributed by atoms with E-state index in [4.69, 9.17) is 0 Å². The molecule has 0 N–H and O–H groups in total. The summed E-state index contributed by atoms with van der Waals surface area (Å²) in [6.07, 6.45) is 0. The third-order valence-electron chi connectivity index (χ3n) is 13.0. The van der Waals surface area contributed by atoms with E-state index in [-0.39, 0.29) is 0 Å². The Balaban J connectivity index is 1.09. The molecule has 12 aromatic rings. The number of benzene rings is 10. The fourth-order valence-corrected chi connectivity index (χ4v) is 10.3. The van der Waals surface area contributed by atoms with Crippen molar-refractivity contribution in [1.29, 1.82) is 0 Å². The lowest BCUT2D eigenvalue weighted by molar-refractivity contribution is 1.18. The molecule has 1 aliphatic rings. The van der Waals surface area contributed by atoms with Crippen LogP contribution < -0.4 is 0 Å². The molecule has 62 heavy (non-hydrogen) atoms. The topological polar surface area (TPSA) is 9.86 Å². The molecule has 3 heterocycles. The molecule has 0 atom stereocenters. The molecule has 0 aliphatic carbocycles. The summed E-state index contributed by atoms with van der Waals surface area (Å²) in [6.45, 7) is 0. The minimum absolute atomic E-state index is 1.17. The van der Waals surface area contributed by atoms with Gasteiger partial charge < -0.3 is 9.13 Å². The van der Waals surface area contributed by atoms with E-state index in [0.717, 1.165) is 0 Å². The number of aromatic nitrogens is 2. The van der Waals surface area contributed by atoms with Crippen molar-refractivity contribution in [3.05, 3.63) is 231 Å². The molecule has 0 saturated heterocycles. The number of para-hydroxylation sites is 4. The first-order valence-corrected chi connectivity index (χ1v) is 21.4. The Labute approximate surface area is 359 Å². The molecule has 2 nitrogen and oxygen atoms in total. The van der Waals surface area contributed by atoms with Gasteiger partial charge in [0.2, 0.25) is 0 Å². The Morgan fingerprint density at radius 3 is 1.40 bits per heavy atom. The minimum Gasteiger partial charge on any atom is -0.309 e. The first-order valence-electron chi connectivity index (χ1n) is 21.4. The summed E-state index contributed by atoms with van der Waals surface area (Å²) < 4.78 is 4.96. The predicted molar refractivity (Wildman–Crippen MR) is 261 cm³/mol. The minimum atomic E-state index is 1.17. The molecule has 2 heteroatoms. The van der Waals surface area contributed by atoms with Crippen molar-refractivity contribution in [1.82, 2.24) is 9.13 Å². The van der Waals surface area contributed by atoms with E-state index in [0.29, 0.717) is 0 Å². The summed E-state index contributed by atoms with van der Waals surface area (Å²) in [4.78, 5) is 0. The molecular formula is C60H38N2. The van der Waals surface area contributed by atoms with Crippen LogP contribution in [-0.4, -0.2) is 9.13 Å². The molecule has 0 fully saturated rings. The quantitative estimate of drug-likeness (QED) is 0.164. The Morgan fingerprint density at radius 2 is 0.710 bits per heavy atom. The van der Waals surface area contributed by atoms with Gasteiger partial charge in [0.15, 0.2) is 0 Å². The predicted octanol–water partition coefficient (Wildman–Crippen LogP) is 16.2. The average Bonchev–Trinajstić information content (AvgIpc) is 3.82. The van der Waals surface area contributed by atoms with Crippen molar-refractivity contribution in [3.63, 3.8) is 0 Å². The van der Waals surface area contributed by atoms with E-state index >= 15 is 0 Å². The van der Waals surface area contributed by atoms with Crippen LogP contribution in [0.3, 0.4) is 0 Å². The Bertz CT molecular complexity index is 3660. The second kappa shape index (κ2) is 13.7. The van der Waals surface area contributed by atoms with E-state index in [2.05, 4.69) is 240 Å². The van der Waals surface area contributed by atoms with Crippen LogP contribution in [0.15, 0.2) is 231 Å². The van der Waals surface area contributed by atoms with E-state index in [1.807, 2.05) is 0 Å². The lowest BCUT2D eigenvalue weighted by atomic mass is 9.88. The summed E-state index contributed by atoms with van der Waals surface area (Å²) in [7, 11) is 0. The first-order chi connectivity index (χ1) is 30.8. The van der Waals surface area contributed by atoms with Crippen LogP contribution in [0.25, 0.3) is 122 Å². The van der Waals surface area contributed by atoms with Crippen molar-refractivity contribution in [2.24, 2.45) is 0 Å². The normalized spacial score (nSPS) is 11.9. The highest BCUT2D eigenvalue weighted by atomic mass is 15.0. The molecule has 2 aromatic heterocycles. The zero-order chi connectivity index (χ0) is 40.7. The van der Waals surface area contributed by atoms with E-state index in [1.165, 1.54) is 122 Å². The molecule has 0 unspecified atom stereocenters. The van der Waals surface area contributed by atoms with Crippen LogP contribution in [0.1, 0.15) is 0 Å². The maximum atomic E-state index is 2.57. The summed E-state index contributed by atoms with van der Waals surface area (Å²) >= 11 is 0. The molecular weight excluding hydrogens is 749 g/mol. The molecule has 0 amide bonds. The SMILES string of the molecule is c1ccc(-c2cc(-c3ccccc3)cc(-c3cccc4c3-n3c5ccccc5c5cc(-c6ccc7c(c6)c6ccccc6n7-c6ccccc6)cc(c53)-c3ccccc3-4)c2)cc1. The van der Waals surface area contributed by atoms with Crippen LogP contribution in [0, 0.1) is 0 Å². The molecule has 10 aromatic carbocycles. The van der Waals surface area contributed by atoms with Gasteiger partial charge in [0.1, 0.15) is 0 Å². The van der Waals surface area contributed by atoms with Crippen LogP contribution >= 0.6 is 0 Å². The number of rotatable bonds is 5. The highest BCUT2D eigenvalue weighted by molar-refractivity contribution is 6.19. The third-order valence-corrected chi connectivity index (χ3v) is 13.0. The number of fused-ring (bicyclic) bond motifs is 11. The van der Waals surface area contributed by atoms with Crippen LogP contribution in [-0.2, 0) is 0 Å². The average molecular weight is 787 g/mol. The van der Waals surface area contributed by atoms with Crippen molar-refractivity contribution in [3.8, 4) is 78.1 Å². The van der Waals surface area contributed by atoms with Gasteiger partial charge in [-0.1, -0.05) is 164 Å². The van der Waals surface area contributed by atoms with Crippen molar-refractivity contribution in [2.45, 2.75) is 0 Å². The second-order valence-corrected chi connectivity index (χ2v) is 16.5. The maximum Gasteiger partial charge on any atom is 0.0620 e. The fourth-order valence-electron chi connectivity index (χ4n) is 10.3. The smallest absolute Gasteiger partial charge is 0.0620 e. The number of hydrogen-bond donors (Lipinski definition) is 0. The number of nitrogens with zero attached hydrogens (tertiary/aromatic N) is 2. The third kappa shape index (κ3) is 5.23. The highest BCUT2D eigenvalue weighted by Crippen LogP contribution is 2.51. The molecule has 0 bridgehead atoms. The van der Waals surface area contributed by atoms with E-state index in [9.17, 15) is 0 Å². The standard InChI is InChI=1S/C60H38N2/c1-4-17-39(18-5-1)42-33-43(40-19-6-2-7-20-40)35-45(34-42)47-27-16-28-52-48-23-10-11-24-49(48)54-37-44(38-55-51-26-13-15-30-57(51)62(59(47)52)60(54)55)41-31-32-58-53(36-41)50-25-12-14-29-56(50)61(58)46-21-8-3-9-22-46/h1-38H. The van der Waals surface area contributed by atoms with Gasteiger partial charge in [-0.15, -0.1) is 0 Å². The molecule has 13 rings (SSSR count). The summed E-state index contributed by atoms with van der Waals surface area (Å²) in [6, 6.07) is 84.9. The maximum absolute atomic E-state index is 2.57.